The van der Waals surface area contributed by atoms with E-state index in [1.807, 2.05) is 0 Å². The number of carbonyl (C=O) groups excluding carboxylic acids is 1. The predicted octanol–water partition coefficient (Wildman–Crippen LogP) is 2.21. The van der Waals surface area contributed by atoms with Crippen LogP contribution in [-0.4, -0.2) is 40.6 Å². The largest absolute Gasteiger partial charge is 0.481 e. The Labute approximate surface area is 114 Å². The molecule has 2 rings (SSSR count). The molecule has 1 saturated heterocycles. The lowest BCUT2D eigenvalue weighted by Crippen LogP contribution is -2.51. The monoisotopic (exact) mass is 268 g/mol. The standard InChI is InChI=1S/C14H24N2O3/c1-10-5-6-11(8-10)15-14(19)16-7-3-2-4-12(16)9-13(17)18/h10-12H,2-9H2,1H3,(H,15,19)(H,17,18). The van der Waals surface area contributed by atoms with Gasteiger partial charge in [0.25, 0.3) is 0 Å². The number of carbonyl (C=O) groups is 2. The minimum Gasteiger partial charge on any atom is -0.481 e. The third-order valence-electron chi connectivity index (χ3n) is 4.32. The van der Waals surface area contributed by atoms with E-state index in [1.165, 1.54) is 6.42 Å². The van der Waals surface area contributed by atoms with E-state index in [9.17, 15) is 9.59 Å². The molecular formula is C14H24N2O3. The number of rotatable bonds is 3. The first kappa shape index (κ1) is 14.2. The van der Waals surface area contributed by atoms with Crippen LogP contribution in [0.2, 0.25) is 0 Å². The zero-order valence-corrected chi connectivity index (χ0v) is 11.6. The third-order valence-corrected chi connectivity index (χ3v) is 4.32. The third kappa shape index (κ3) is 3.85. The van der Waals surface area contributed by atoms with Gasteiger partial charge in [-0.05, 0) is 44.4 Å². The second-order valence-electron chi connectivity index (χ2n) is 6.01. The van der Waals surface area contributed by atoms with Gasteiger partial charge in [-0.25, -0.2) is 4.79 Å². The molecule has 1 saturated carbocycles. The molecule has 0 radical (unpaired) electrons. The predicted molar refractivity (Wildman–Crippen MR) is 71.9 cm³/mol. The van der Waals surface area contributed by atoms with Crippen LogP contribution in [0.4, 0.5) is 4.79 Å². The molecule has 5 heteroatoms. The molecule has 2 amide bonds. The van der Waals surface area contributed by atoms with Gasteiger partial charge in [-0.2, -0.15) is 0 Å². The lowest BCUT2D eigenvalue weighted by molar-refractivity contribution is -0.138. The summed E-state index contributed by atoms with van der Waals surface area (Å²) in [5.74, 6) is -0.138. The minimum absolute atomic E-state index is 0.0640. The van der Waals surface area contributed by atoms with Crippen molar-refractivity contribution in [2.24, 2.45) is 5.92 Å². The van der Waals surface area contributed by atoms with Crippen LogP contribution in [0, 0.1) is 5.92 Å². The fourth-order valence-electron chi connectivity index (χ4n) is 3.28. The molecule has 0 aromatic carbocycles. The summed E-state index contributed by atoms with van der Waals surface area (Å²) in [6, 6.07) is 0.0741. The molecule has 5 nitrogen and oxygen atoms in total. The molecule has 2 aliphatic rings. The highest BCUT2D eigenvalue weighted by atomic mass is 16.4. The van der Waals surface area contributed by atoms with Crippen molar-refractivity contribution in [3.8, 4) is 0 Å². The van der Waals surface area contributed by atoms with Crippen LogP contribution < -0.4 is 5.32 Å². The van der Waals surface area contributed by atoms with Gasteiger partial charge in [0.2, 0.25) is 0 Å². The highest BCUT2D eigenvalue weighted by Crippen LogP contribution is 2.25. The first-order chi connectivity index (χ1) is 9.06. The van der Waals surface area contributed by atoms with Crippen LogP contribution in [0.3, 0.4) is 0 Å². The van der Waals surface area contributed by atoms with E-state index in [-0.39, 0.29) is 24.5 Å². The van der Waals surface area contributed by atoms with Gasteiger partial charge in [-0.3, -0.25) is 4.79 Å². The fourth-order valence-corrected chi connectivity index (χ4v) is 3.28. The van der Waals surface area contributed by atoms with E-state index < -0.39 is 5.97 Å². The van der Waals surface area contributed by atoms with Crippen molar-refractivity contribution in [1.29, 1.82) is 0 Å². The summed E-state index contributed by atoms with van der Waals surface area (Å²) in [4.78, 5) is 24.9. The average molecular weight is 268 g/mol. The first-order valence-electron chi connectivity index (χ1n) is 7.35. The summed E-state index contributed by atoms with van der Waals surface area (Å²) in [6.45, 7) is 2.90. The average Bonchev–Trinajstić information content (AvgIpc) is 2.74. The fraction of sp³-hybridized carbons (Fsp3) is 0.857. The summed E-state index contributed by atoms with van der Waals surface area (Å²) < 4.78 is 0. The van der Waals surface area contributed by atoms with Crippen LogP contribution in [0.25, 0.3) is 0 Å². The Bertz CT molecular complexity index is 346. The van der Waals surface area contributed by atoms with E-state index in [0.717, 1.165) is 32.1 Å². The maximum Gasteiger partial charge on any atom is 0.317 e. The Hall–Kier alpha value is -1.26. The molecule has 1 aliphatic carbocycles. The zero-order chi connectivity index (χ0) is 13.8. The van der Waals surface area contributed by atoms with E-state index in [4.69, 9.17) is 5.11 Å². The minimum atomic E-state index is -0.820. The van der Waals surface area contributed by atoms with Crippen molar-refractivity contribution in [3.63, 3.8) is 0 Å². The molecule has 0 bridgehead atoms. The molecular weight excluding hydrogens is 244 g/mol. The van der Waals surface area contributed by atoms with E-state index in [1.54, 1.807) is 4.90 Å². The Kier molecular flexibility index (Phi) is 4.66. The van der Waals surface area contributed by atoms with Gasteiger partial charge in [0.1, 0.15) is 0 Å². The van der Waals surface area contributed by atoms with E-state index in [0.29, 0.717) is 12.5 Å². The van der Waals surface area contributed by atoms with Crippen molar-refractivity contribution in [2.75, 3.05) is 6.54 Å². The van der Waals surface area contributed by atoms with Gasteiger partial charge in [0.05, 0.1) is 6.42 Å². The van der Waals surface area contributed by atoms with Crippen molar-refractivity contribution in [2.45, 2.75) is 64.0 Å². The maximum absolute atomic E-state index is 12.3. The highest BCUT2D eigenvalue weighted by molar-refractivity contribution is 5.76. The molecule has 2 N–H and O–H groups in total. The molecule has 1 aliphatic heterocycles. The second kappa shape index (κ2) is 6.26. The summed E-state index contributed by atoms with van der Waals surface area (Å²) >= 11 is 0. The number of carboxylic acids is 1. The highest BCUT2D eigenvalue weighted by Gasteiger charge is 2.31. The molecule has 3 atom stereocenters. The smallest absolute Gasteiger partial charge is 0.317 e. The Morgan fingerprint density at radius 3 is 2.68 bits per heavy atom. The van der Waals surface area contributed by atoms with Gasteiger partial charge < -0.3 is 15.3 Å². The van der Waals surface area contributed by atoms with Gasteiger partial charge in [0, 0.05) is 18.6 Å². The normalized spacial score (nSPS) is 31.2. The number of piperidine rings is 1. The molecule has 0 aromatic heterocycles. The summed E-state index contributed by atoms with van der Waals surface area (Å²) in [6.07, 6.45) is 6.12. The quantitative estimate of drug-likeness (QED) is 0.824. The Morgan fingerprint density at radius 1 is 1.26 bits per heavy atom. The molecule has 19 heavy (non-hydrogen) atoms. The van der Waals surface area contributed by atoms with Crippen molar-refractivity contribution in [1.82, 2.24) is 10.2 Å². The number of hydrogen-bond donors (Lipinski definition) is 2. The first-order valence-corrected chi connectivity index (χ1v) is 7.35. The van der Waals surface area contributed by atoms with Crippen LogP contribution in [0.1, 0.15) is 51.9 Å². The van der Waals surface area contributed by atoms with Gasteiger partial charge in [-0.1, -0.05) is 6.92 Å². The summed E-state index contributed by atoms with van der Waals surface area (Å²) in [7, 11) is 0. The maximum atomic E-state index is 12.3. The number of nitrogens with zero attached hydrogens (tertiary/aromatic N) is 1. The molecule has 108 valence electrons. The van der Waals surface area contributed by atoms with Crippen LogP contribution in [0.5, 0.6) is 0 Å². The van der Waals surface area contributed by atoms with Gasteiger partial charge >= 0.3 is 12.0 Å². The Balaban J connectivity index is 1.89. The molecule has 1 heterocycles. The zero-order valence-electron chi connectivity index (χ0n) is 11.6. The molecule has 2 fully saturated rings. The Morgan fingerprint density at radius 2 is 2.05 bits per heavy atom. The summed E-state index contributed by atoms with van der Waals surface area (Å²) in [5, 5.41) is 12.0. The topological polar surface area (TPSA) is 69.6 Å². The van der Waals surface area contributed by atoms with Crippen molar-refractivity contribution in [3.05, 3.63) is 0 Å². The molecule has 3 unspecified atom stereocenters. The number of likely N-dealkylation sites (tertiary alicyclic amines) is 1. The number of aliphatic carboxylic acids is 1. The van der Waals surface area contributed by atoms with Gasteiger partial charge in [0.15, 0.2) is 0 Å². The van der Waals surface area contributed by atoms with Crippen molar-refractivity contribution >= 4 is 12.0 Å². The van der Waals surface area contributed by atoms with E-state index >= 15 is 0 Å². The lowest BCUT2D eigenvalue weighted by atomic mass is 10.00. The number of urea groups is 1. The van der Waals surface area contributed by atoms with Crippen LogP contribution in [0.15, 0.2) is 0 Å². The lowest BCUT2D eigenvalue weighted by Gasteiger charge is -2.35. The summed E-state index contributed by atoms with van der Waals surface area (Å²) in [5.41, 5.74) is 0. The molecule has 0 aromatic rings. The van der Waals surface area contributed by atoms with Crippen LogP contribution >= 0.6 is 0 Å². The number of nitrogens with one attached hydrogen (secondary N) is 1. The number of amides is 2. The van der Waals surface area contributed by atoms with Crippen LogP contribution in [-0.2, 0) is 4.79 Å². The number of carboxylic acid groups (broad SMARTS) is 1. The SMILES string of the molecule is CC1CCC(NC(=O)N2CCCCC2CC(=O)O)C1. The van der Waals surface area contributed by atoms with Gasteiger partial charge in [-0.15, -0.1) is 0 Å². The molecule has 0 spiro atoms. The second-order valence-corrected chi connectivity index (χ2v) is 6.01. The number of hydrogen-bond acceptors (Lipinski definition) is 2. The van der Waals surface area contributed by atoms with E-state index in [2.05, 4.69) is 12.2 Å². The van der Waals surface area contributed by atoms with Crippen molar-refractivity contribution < 1.29 is 14.7 Å².